The highest BCUT2D eigenvalue weighted by atomic mass is 35.5. The Kier molecular flexibility index (Phi) is 5.00. The maximum atomic E-state index is 13.5. The molecule has 2 N–H and O–H groups in total. The standard InChI is InChI=1S/C15H14ClFN2O2/c1-21-14-5-3-2-4-12(14)19-15(20)9-18-13-8-10(16)6-7-11(13)17/h2-8,18H,9H2,1H3,(H,19,20). The van der Waals surface area contributed by atoms with Gasteiger partial charge in [-0.15, -0.1) is 0 Å². The smallest absolute Gasteiger partial charge is 0.243 e. The predicted octanol–water partition coefficient (Wildman–Crippen LogP) is 3.54. The molecule has 0 aliphatic heterocycles. The quantitative estimate of drug-likeness (QED) is 0.888. The summed E-state index contributed by atoms with van der Waals surface area (Å²) in [5.74, 6) is -0.233. The second-order valence-corrected chi connectivity index (χ2v) is 4.66. The van der Waals surface area contributed by atoms with E-state index in [0.717, 1.165) is 0 Å². The zero-order valence-corrected chi connectivity index (χ0v) is 12.1. The second-order valence-electron chi connectivity index (χ2n) is 4.23. The van der Waals surface area contributed by atoms with Crippen LogP contribution in [0.1, 0.15) is 0 Å². The molecule has 2 aromatic rings. The van der Waals surface area contributed by atoms with Crippen molar-refractivity contribution < 1.29 is 13.9 Å². The summed E-state index contributed by atoms with van der Waals surface area (Å²) in [5, 5.41) is 5.78. The molecule has 0 unspecified atom stereocenters. The number of ether oxygens (including phenoxy) is 1. The first-order chi connectivity index (χ1) is 10.1. The summed E-state index contributed by atoms with van der Waals surface area (Å²) in [6.07, 6.45) is 0. The molecule has 21 heavy (non-hydrogen) atoms. The molecular weight excluding hydrogens is 295 g/mol. The number of benzene rings is 2. The molecule has 1 amide bonds. The molecule has 0 radical (unpaired) electrons. The molecule has 0 fully saturated rings. The summed E-state index contributed by atoms with van der Waals surface area (Å²) in [6.45, 7) is -0.0880. The van der Waals surface area contributed by atoms with Crippen LogP contribution >= 0.6 is 11.6 Å². The average molecular weight is 309 g/mol. The number of rotatable bonds is 5. The molecule has 0 spiro atoms. The maximum Gasteiger partial charge on any atom is 0.243 e. The van der Waals surface area contributed by atoms with Gasteiger partial charge >= 0.3 is 0 Å². The van der Waals surface area contributed by atoms with Crippen molar-refractivity contribution in [1.29, 1.82) is 0 Å². The Morgan fingerprint density at radius 2 is 2.00 bits per heavy atom. The van der Waals surface area contributed by atoms with Crippen LogP contribution in [0.5, 0.6) is 5.75 Å². The molecule has 0 saturated heterocycles. The number of anilines is 2. The second kappa shape index (κ2) is 6.95. The van der Waals surface area contributed by atoms with Gasteiger partial charge in [-0.1, -0.05) is 23.7 Å². The Balaban J connectivity index is 1.97. The van der Waals surface area contributed by atoms with E-state index >= 15 is 0 Å². The summed E-state index contributed by atoms with van der Waals surface area (Å²) in [6, 6.07) is 11.1. The number of hydrogen-bond donors (Lipinski definition) is 2. The lowest BCUT2D eigenvalue weighted by molar-refractivity contribution is -0.114. The molecule has 0 aliphatic carbocycles. The van der Waals surface area contributed by atoms with Gasteiger partial charge in [-0.05, 0) is 30.3 Å². The molecule has 0 bridgehead atoms. The fourth-order valence-corrected chi connectivity index (χ4v) is 1.92. The highest BCUT2D eigenvalue weighted by molar-refractivity contribution is 6.30. The van der Waals surface area contributed by atoms with Gasteiger partial charge in [-0.25, -0.2) is 4.39 Å². The molecule has 110 valence electrons. The zero-order chi connectivity index (χ0) is 15.2. The number of carbonyl (C=O) groups excluding carboxylic acids is 1. The summed E-state index contributed by atoms with van der Waals surface area (Å²) in [7, 11) is 1.52. The van der Waals surface area contributed by atoms with Gasteiger partial charge in [-0.2, -0.15) is 0 Å². The molecule has 0 saturated carbocycles. The van der Waals surface area contributed by atoms with Crippen LogP contribution in [-0.2, 0) is 4.79 Å². The van der Waals surface area contributed by atoms with E-state index in [0.29, 0.717) is 16.5 Å². The molecule has 6 heteroatoms. The van der Waals surface area contributed by atoms with Crippen LogP contribution in [0.25, 0.3) is 0 Å². The molecule has 2 aromatic carbocycles. The number of amides is 1. The zero-order valence-electron chi connectivity index (χ0n) is 11.3. The lowest BCUT2D eigenvalue weighted by Gasteiger charge is -2.11. The minimum atomic E-state index is -0.468. The number of nitrogens with one attached hydrogen (secondary N) is 2. The van der Waals surface area contributed by atoms with Crippen LogP contribution in [0.15, 0.2) is 42.5 Å². The monoisotopic (exact) mass is 308 g/mol. The van der Waals surface area contributed by atoms with E-state index in [1.54, 1.807) is 24.3 Å². The van der Waals surface area contributed by atoms with Crippen LogP contribution in [0, 0.1) is 5.82 Å². The van der Waals surface area contributed by atoms with E-state index in [1.165, 1.54) is 25.3 Å². The Bertz CT molecular complexity index is 649. The first-order valence-electron chi connectivity index (χ1n) is 6.22. The van der Waals surface area contributed by atoms with Crippen molar-refractivity contribution in [3.63, 3.8) is 0 Å². The van der Waals surface area contributed by atoms with Crippen molar-refractivity contribution in [2.75, 3.05) is 24.3 Å². The molecule has 0 heterocycles. The number of para-hydroxylation sites is 2. The molecule has 0 aromatic heterocycles. The van der Waals surface area contributed by atoms with E-state index in [-0.39, 0.29) is 18.1 Å². The third-order valence-electron chi connectivity index (χ3n) is 2.75. The van der Waals surface area contributed by atoms with Crippen molar-refractivity contribution in [3.8, 4) is 5.75 Å². The van der Waals surface area contributed by atoms with E-state index in [2.05, 4.69) is 10.6 Å². The number of methoxy groups -OCH3 is 1. The first-order valence-corrected chi connectivity index (χ1v) is 6.59. The van der Waals surface area contributed by atoms with Crippen LogP contribution in [-0.4, -0.2) is 19.6 Å². The lowest BCUT2D eigenvalue weighted by Crippen LogP contribution is -2.22. The normalized spacial score (nSPS) is 10.0. The van der Waals surface area contributed by atoms with Crippen LogP contribution in [0.4, 0.5) is 15.8 Å². The molecule has 2 rings (SSSR count). The van der Waals surface area contributed by atoms with Gasteiger partial charge in [0.05, 0.1) is 25.0 Å². The summed E-state index contributed by atoms with van der Waals surface area (Å²) in [4.78, 5) is 11.9. The topological polar surface area (TPSA) is 50.4 Å². The fourth-order valence-electron chi connectivity index (χ4n) is 1.75. The van der Waals surface area contributed by atoms with Crippen LogP contribution in [0.3, 0.4) is 0 Å². The average Bonchev–Trinajstić information content (AvgIpc) is 2.49. The maximum absolute atomic E-state index is 13.5. The van der Waals surface area contributed by atoms with Crippen molar-refractivity contribution in [1.82, 2.24) is 0 Å². The van der Waals surface area contributed by atoms with Crippen molar-refractivity contribution >= 4 is 28.9 Å². The SMILES string of the molecule is COc1ccccc1NC(=O)CNc1cc(Cl)ccc1F. The summed E-state index contributed by atoms with van der Waals surface area (Å²) in [5.41, 5.74) is 0.732. The van der Waals surface area contributed by atoms with Gasteiger partial charge in [0.25, 0.3) is 0 Å². The van der Waals surface area contributed by atoms with Gasteiger partial charge in [0.15, 0.2) is 0 Å². The largest absolute Gasteiger partial charge is 0.495 e. The van der Waals surface area contributed by atoms with Gasteiger partial charge < -0.3 is 15.4 Å². The Hall–Kier alpha value is -2.27. The highest BCUT2D eigenvalue weighted by Crippen LogP contribution is 2.23. The minimum absolute atomic E-state index is 0.0880. The predicted molar refractivity (Wildman–Crippen MR) is 81.5 cm³/mol. The van der Waals surface area contributed by atoms with E-state index < -0.39 is 5.82 Å². The molecule has 0 atom stereocenters. The Morgan fingerprint density at radius 1 is 1.24 bits per heavy atom. The van der Waals surface area contributed by atoms with Gasteiger partial charge in [-0.3, -0.25) is 4.79 Å². The van der Waals surface area contributed by atoms with E-state index in [9.17, 15) is 9.18 Å². The summed E-state index contributed by atoms with van der Waals surface area (Å²) >= 11 is 5.78. The van der Waals surface area contributed by atoms with Gasteiger partial charge in [0, 0.05) is 5.02 Å². The van der Waals surface area contributed by atoms with Crippen LogP contribution in [0.2, 0.25) is 5.02 Å². The minimum Gasteiger partial charge on any atom is -0.495 e. The lowest BCUT2D eigenvalue weighted by atomic mass is 10.3. The first kappa shape index (κ1) is 15.1. The van der Waals surface area contributed by atoms with E-state index in [4.69, 9.17) is 16.3 Å². The van der Waals surface area contributed by atoms with Gasteiger partial charge in [0.1, 0.15) is 11.6 Å². The van der Waals surface area contributed by atoms with Crippen LogP contribution < -0.4 is 15.4 Å². The number of halogens is 2. The Morgan fingerprint density at radius 3 is 2.76 bits per heavy atom. The van der Waals surface area contributed by atoms with Crippen molar-refractivity contribution in [2.24, 2.45) is 0 Å². The fraction of sp³-hybridized carbons (Fsp3) is 0.133. The molecule has 4 nitrogen and oxygen atoms in total. The third-order valence-corrected chi connectivity index (χ3v) is 2.98. The highest BCUT2D eigenvalue weighted by Gasteiger charge is 2.08. The number of carbonyl (C=O) groups is 1. The van der Waals surface area contributed by atoms with Crippen molar-refractivity contribution in [3.05, 3.63) is 53.3 Å². The third kappa shape index (κ3) is 4.10. The van der Waals surface area contributed by atoms with Gasteiger partial charge in [0.2, 0.25) is 5.91 Å². The van der Waals surface area contributed by atoms with Crippen molar-refractivity contribution in [2.45, 2.75) is 0 Å². The Labute approximate surface area is 126 Å². The van der Waals surface area contributed by atoms with E-state index in [1.807, 2.05) is 0 Å². The molecular formula is C15H14ClFN2O2. The molecule has 0 aliphatic rings. The summed E-state index contributed by atoms with van der Waals surface area (Å²) < 4.78 is 18.6. The number of hydrogen-bond acceptors (Lipinski definition) is 3.